The van der Waals surface area contributed by atoms with Gasteiger partial charge in [-0.1, -0.05) is 0 Å². The summed E-state index contributed by atoms with van der Waals surface area (Å²) in [6.45, 7) is 0.721. The van der Waals surface area contributed by atoms with E-state index in [-0.39, 0.29) is 10.6 Å². The van der Waals surface area contributed by atoms with Crippen molar-refractivity contribution in [2.24, 2.45) is 0 Å². The molecule has 3 rings (SSSR count). The fraction of sp³-hybridized carbons (Fsp3) is 0.200. The Morgan fingerprint density at radius 3 is 2.19 bits per heavy atom. The van der Waals surface area contributed by atoms with Crippen LogP contribution < -0.4 is 18.9 Å². The lowest BCUT2D eigenvalue weighted by Gasteiger charge is -2.20. The van der Waals surface area contributed by atoms with Crippen LogP contribution in [0.15, 0.2) is 45.8 Å². The minimum atomic E-state index is -4.85. The Hall–Kier alpha value is -2.14. The molecule has 0 spiro atoms. The SMILES string of the molecule is O=S(=O)(Nc1cc2c(cc1Br)OCCO2)c1ccc(OC(F)(F)F)cc1. The third-order valence-electron chi connectivity index (χ3n) is 3.24. The van der Waals surface area contributed by atoms with Crippen LogP contribution in [0.2, 0.25) is 0 Å². The van der Waals surface area contributed by atoms with E-state index in [4.69, 9.17) is 9.47 Å². The number of hydrogen-bond donors (Lipinski definition) is 1. The number of ether oxygens (including phenoxy) is 3. The summed E-state index contributed by atoms with van der Waals surface area (Å²) in [6, 6.07) is 6.87. The fourth-order valence-electron chi connectivity index (χ4n) is 2.17. The number of sulfonamides is 1. The van der Waals surface area contributed by atoms with Gasteiger partial charge in [-0.15, -0.1) is 13.2 Å². The van der Waals surface area contributed by atoms with Gasteiger partial charge in [-0.3, -0.25) is 4.72 Å². The van der Waals surface area contributed by atoms with Crippen molar-refractivity contribution < 1.29 is 35.8 Å². The van der Waals surface area contributed by atoms with Crippen LogP contribution in [0.5, 0.6) is 17.2 Å². The average molecular weight is 454 g/mol. The fourth-order valence-corrected chi connectivity index (χ4v) is 3.79. The van der Waals surface area contributed by atoms with E-state index in [1.54, 1.807) is 6.07 Å². The normalized spacial score (nSPS) is 14.0. The summed E-state index contributed by atoms with van der Waals surface area (Å²) in [5.41, 5.74) is 0.199. The van der Waals surface area contributed by atoms with Gasteiger partial charge in [0.2, 0.25) is 0 Å². The lowest BCUT2D eigenvalue weighted by atomic mass is 10.2. The van der Waals surface area contributed by atoms with Gasteiger partial charge in [0.25, 0.3) is 10.0 Å². The summed E-state index contributed by atoms with van der Waals surface area (Å²) in [6.07, 6.45) is -4.85. The Kier molecular flexibility index (Phi) is 4.93. The summed E-state index contributed by atoms with van der Waals surface area (Å²) < 4.78 is 78.7. The predicted octanol–water partition coefficient (Wildman–Crippen LogP) is 3.92. The molecule has 11 heteroatoms. The molecule has 1 aliphatic rings. The number of halogens is 4. The second kappa shape index (κ2) is 6.88. The molecule has 0 fully saturated rings. The molecule has 140 valence electrons. The van der Waals surface area contributed by atoms with Crippen molar-refractivity contribution in [1.82, 2.24) is 0 Å². The van der Waals surface area contributed by atoms with E-state index >= 15 is 0 Å². The molecular formula is C15H11BrF3NO5S. The molecule has 2 aromatic rings. The van der Waals surface area contributed by atoms with Crippen molar-refractivity contribution in [1.29, 1.82) is 0 Å². The maximum absolute atomic E-state index is 12.5. The molecule has 6 nitrogen and oxygen atoms in total. The molecule has 0 atom stereocenters. The first-order chi connectivity index (χ1) is 12.1. The summed E-state index contributed by atoms with van der Waals surface area (Å²) >= 11 is 3.24. The third-order valence-corrected chi connectivity index (χ3v) is 5.28. The molecule has 1 aliphatic heterocycles. The van der Waals surface area contributed by atoms with Crippen molar-refractivity contribution in [2.75, 3.05) is 17.9 Å². The van der Waals surface area contributed by atoms with Gasteiger partial charge in [0.1, 0.15) is 19.0 Å². The van der Waals surface area contributed by atoms with Crippen molar-refractivity contribution in [2.45, 2.75) is 11.3 Å². The standard InChI is InChI=1S/C15H11BrF3NO5S/c16-11-7-13-14(24-6-5-23-13)8-12(11)20-26(21,22)10-3-1-9(2-4-10)25-15(17,18)19/h1-4,7-8,20H,5-6H2. The first kappa shape index (κ1) is 18.6. The maximum Gasteiger partial charge on any atom is 0.573 e. The Morgan fingerprint density at radius 2 is 1.62 bits per heavy atom. The van der Waals surface area contributed by atoms with Crippen LogP contribution in [0.25, 0.3) is 0 Å². The number of alkyl halides is 3. The van der Waals surface area contributed by atoms with Crippen LogP contribution in [-0.2, 0) is 10.0 Å². The van der Waals surface area contributed by atoms with Crippen molar-refractivity contribution in [3.63, 3.8) is 0 Å². The molecule has 0 saturated carbocycles. The molecule has 0 unspecified atom stereocenters. The molecule has 0 bridgehead atoms. The molecule has 1 heterocycles. The minimum absolute atomic E-state index is 0.199. The number of anilines is 1. The zero-order valence-corrected chi connectivity index (χ0v) is 15.2. The molecule has 1 N–H and O–H groups in total. The summed E-state index contributed by atoms with van der Waals surface area (Å²) in [5, 5.41) is 0. The highest BCUT2D eigenvalue weighted by molar-refractivity contribution is 9.10. The quantitative estimate of drug-likeness (QED) is 0.759. The van der Waals surface area contributed by atoms with E-state index < -0.39 is 22.1 Å². The van der Waals surface area contributed by atoms with Crippen LogP contribution in [0.1, 0.15) is 0 Å². The first-order valence-electron chi connectivity index (χ1n) is 7.12. The van der Waals surface area contributed by atoms with E-state index in [1.165, 1.54) is 6.07 Å². The van der Waals surface area contributed by atoms with E-state index in [2.05, 4.69) is 25.4 Å². The van der Waals surface area contributed by atoms with Gasteiger partial charge >= 0.3 is 6.36 Å². The van der Waals surface area contributed by atoms with Crippen molar-refractivity contribution in [3.8, 4) is 17.2 Å². The topological polar surface area (TPSA) is 73.9 Å². The highest BCUT2D eigenvalue weighted by Gasteiger charge is 2.31. The summed E-state index contributed by atoms with van der Waals surface area (Å²) in [4.78, 5) is -0.228. The highest BCUT2D eigenvalue weighted by Crippen LogP contribution is 2.39. The van der Waals surface area contributed by atoms with E-state index in [9.17, 15) is 21.6 Å². The Bertz CT molecular complexity index is 916. The molecule has 0 amide bonds. The number of benzene rings is 2. The van der Waals surface area contributed by atoms with Crippen LogP contribution in [0, 0.1) is 0 Å². The minimum Gasteiger partial charge on any atom is -0.486 e. The van der Waals surface area contributed by atoms with E-state index in [1.807, 2.05) is 0 Å². The molecule has 2 aromatic carbocycles. The van der Waals surface area contributed by atoms with Crippen LogP contribution >= 0.6 is 15.9 Å². The van der Waals surface area contributed by atoms with Crippen molar-refractivity contribution >= 4 is 31.6 Å². The summed E-state index contributed by atoms with van der Waals surface area (Å²) in [7, 11) is -4.04. The average Bonchev–Trinajstić information content (AvgIpc) is 2.54. The van der Waals surface area contributed by atoms with Gasteiger partial charge < -0.3 is 14.2 Å². The third kappa shape index (κ3) is 4.33. The van der Waals surface area contributed by atoms with Crippen LogP contribution in [0.4, 0.5) is 18.9 Å². The number of hydrogen-bond acceptors (Lipinski definition) is 5. The molecule has 0 aromatic heterocycles. The molecule has 0 aliphatic carbocycles. The monoisotopic (exact) mass is 453 g/mol. The molecule has 0 radical (unpaired) electrons. The van der Waals surface area contributed by atoms with Gasteiger partial charge in [0.15, 0.2) is 11.5 Å². The van der Waals surface area contributed by atoms with Gasteiger partial charge in [0.05, 0.1) is 10.6 Å². The second-order valence-electron chi connectivity index (χ2n) is 5.10. The molecule has 26 heavy (non-hydrogen) atoms. The van der Waals surface area contributed by atoms with Gasteiger partial charge in [-0.2, -0.15) is 0 Å². The Balaban J connectivity index is 1.83. The Labute approximate surface area is 155 Å². The second-order valence-corrected chi connectivity index (χ2v) is 7.64. The van der Waals surface area contributed by atoms with E-state index in [0.717, 1.165) is 24.3 Å². The maximum atomic E-state index is 12.5. The largest absolute Gasteiger partial charge is 0.573 e. The van der Waals surface area contributed by atoms with Gasteiger partial charge in [-0.25, -0.2) is 8.42 Å². The van der Waals surface area contributed by atoms with Crippen LogP contribution in [0.3, 0.4) is 0 Å². The zero-order valence-electron chi connectivity index (χ0n) is 12.8. The Morgan fingerprint density at radius 1 is 1.04 bits per heavy atom. The number of nitrogens with one attached hydrogen (secondary N) is 1. The highest BCUT2D eigenvalue weighted by atomic mass is 79.9. The lowest BCUT2D eigenvalue weighted by Crippen LogP contribution is -2.18. The lowest BCUT2D eigenvalue weighted by molar-refractivity contribution is -0.274. The van der Waals surface area contributed by atoms with Gasteiger partial charge in [-0.05, 0) is 40.2 Å². The van der Waals surface area contributed by atoms with Crippen molar-refractivity contribution in [3.05, 3.63) is 40.9 Å². The van der Waals surface area contributed by atoms with Crippen LogP contribution in [-0.4, -0.2) is 28.0 Å². The molecular weight excluding hydrogens is 443 g/mol. The predicted molar refractivity (Wildman–Crippen MR) is 89.1 cm³/mol. The van der Waals surface area contributed by atoms with Gasteiger partial charge in [0, 0.05) is 16.6 Å². The van der Waals surface area contributed by atoms with E-state index in [0.29, 0.717) is 29.2 Å². The first-order valence-corrected chi connectivity index (χ1v) is 9.39. The summed E-state index contributed by atoms with van der Waals surface area (Å²) in [5.74, 6) is 0.336. The number of fused-ring (bicyclic) bond motifs is 1. The number of rotatable bonds is 4. The molecule has 0 saturated heterocycles. The zero-order chi connectivity index (χ0) is 18.9. The smallest absolute Gasteiger partial charge is 0.486 e.